The first-order chi connectivity index (χ1) is 8.27. The summed E-state index contributed by atoms with van der Waals surface area (Å²) in [7, 11) is 0. The molecule has 0 aromatic rings. The summed E-state index contributed by atoms with van der Waals surface area (Å²) in [6, 6.07) is 0.921. The molecule has 17 heavy (non-hydrogen) atoms. The second-order valence-electron chi connectivity index (χ2n) is 6.37. The van der Waals surface area contributed by atoms with Crippen molar-refractivity contribution in [3.63, 3.8) is 0 Å². The van der Waals surface area contributed by atoms with Gasteiger partial charge in [-0.2, -0.15) is 0 Å². The molecular weight excluding hydrogens is 208 g/mol. The van der Waals surface area contributed by atoms with E-state index in [0.717, 1.165) is 17.9 Å². The van der Waals surface area contributed by atoms with Crippen molar-refractivity contribution in [1.82, 2.24) is 10.2 Å². The SMILES string of the molecule is CC(C)CCCN1CCCC1C1CCNCC1. The molecule has 2 heteroatoms. The van der Waals surface area contributed by atoms with Crippen LogP contribution in [0.25, 0.3) is 0 Å². The lowest BCUT2D eigenvalue weighted by molar-refractivity contribution is 0.159. The normalized spacial score (nSPS) is 28.1. The van der Waals surface area contributed by atoms with Gasteiger partial charge in [0.05, 0.1) is 0 Å². The summed E-state index contributed by atoms with van der Waals surface area (Å²) in [5.74, 6) is 1.85. The highest BCUT2D eigenvalue weighted by molar-refractivity contribution is 4.87. The molecule has 2 saturated heterocycles. The van der Waals surface area contributed by atoms with E-state index < -0.39 is 0 Å². The fourth-order valence-corrected chi connectivity index (χ4v) is 3.60. The Labute approximate surface area is 107 Å². The van der Waals surface area contributed by atoms with E-state index in [1.165, 1.54) is 64.7 Å². The van der Waals surface area contributed by atoms with Gasteiger partial charge in [0.15, 0.2) is 0 Å². The van der Waals surface area contributed by atoms with Gasteiger partial charge in [-0.05, 0) is 76.5 Å². The van der Waals surface area contributed by atoms with Gasteiger partial charge < -0.3 is 10.2 Å². The fourth-order valence-electron chi connectivity index (χ4n) is 3.60. The lowest BCUT2D eigenvalue weighted by Gasteiger charge is -2.34. The molecule has 100 valence electrons. The van der Waals surface area contributed by atoms with Crippen molar-refractivity contribution in [3.8, 4) is 0 Å². The highest BCUT2D eigenvalue weighted by atomic mass is 15.2. The molecule has 1 N–H and O–H groups in total. The second-order valence-corrected chi connectivity index (χ2v) is 6.37. The zero-order chi connectivity index (χ0) is 12.1. The third-order valence-electron chi connectivity index (χ3n) is 4.57. The third kappa shape index (κ3) is 3.96. The highest BCUT2D eigenvalue weighted by Gasteiger charge is 2.31. The van der Waals surface area contributed by atoms with Crippen LogP contribution in [0.15, 0.2) is 0 Å². The zero-order valence-corrected chi connectivity index (χ0v) is 11.8. The number of hydrogen-bond donors (Lipinski definition) is 1. The molecule has 1 atom stereocenters. The van der Waals surface area contributed by atoms with Gasteiger partial charge in [-0.3, -0.25) is 0 Å². The monoisotopic (exact) mass is 238 g/mol. The Kier molecular flexibility index (Phi) is 5.30. The molecule has 0 spiro atoms. The molecule has 2 heterocycles. The van der Waals surface area contributed by atoms with Gasteiger partial charge in [0.25, 0.3) is 0 Å². The Balaban J connectivity index is 1.75. The van der Waals surface area contributed by atoms with E-state index in [1.807, 2.05) is 0 Å². The van der Waals surface area contributed by atoms with Gasteiger partial charge in [-0.1, -0.05) is 13.8 Å². The summed E-state index contributed by atoms with van der Waals surface area (Å²) in [6.07, 6.45) is 8.52. The molecule has 2 rings (SSSR count). The summed E-state index contributed by atoms with van der Waals surface area (Å²) in [5.41, 5.74) is 0. The Bertz CT molecular complexity index is 209. The van der Waals surface area contributed by atoms with Crippen LogP contribution in [0, 0.1) is 11.8 Å². The summed E-state index contributed by atoms with van der Waals surface area (Å²) in [6.45, 7) is 9.91. The lowest BCUT2D eigenvalue weighted by Crippen LogP contribution is -2.41. The summed E-state index contributed by atoms with van der Waals surface area (Å²) in [5, 5.41) is 3.49. The van der Waals surface area contributed by atoms with Crippen LogP contribution in [0.4, 0.5) is 0 Å². The molecule has 0 aromatic heterocycles. The third-order valence-corrected chi connectivity index (χ3v) is 4.57. The smallest absolute Gasteiger partial charge is 0.0125 e. The number of piperidine rings is 1. The quantitative estimate of drug-likeness (QED) is 0.792. The van der Waals surface area contributed by atoms with Crippen molar-refractivity contribution < 1.29 is 0 Å². The standard InChI is InChI=1S/C15H30N2/c1-13(2)5-3-11-17-12-4-6-15(17)14-7-9-16-10-8-14/h13-16H,3-12H2,1-2H3. The van der Waals surface area contributed by atoms with E-state index in [-0.39, 0.29) is 0 Å². The molecule has 1 unspecified atom stereocenters. The van der Waals surface area contributed by atoms with E-state index in [9.17, 15) is 0 Å². The topological polar surface area (TPSA) is 15.3 Å². The van der Waals surface area contributed by atoms with Gasteiger partial charge in [-0.15, -0.1) is 0 Å². The molecule has 2 nitrogen and oxygen atoms in total. The van der Waals surface area contributed by atoms with E-state index in [4.69, 9.17) is 0 Å². The average molecular weight is 238 g/mol. The van der Waals surface area contributed by atoms with Crippen LogP contribution >= 0.6 is 0 Å². The van der Waals surface area contributed by atoms with Crippen LogP contribution in [0.2, 0.25) is 0 Å². The van der Waals surface area contributed by atoms with Gasteiger partial charge in [0.1, 0.15) is 0 Å². The number of likely N-dealkylation sites (tertiary alicyclic amines) is 1. The molecule has 0 aliphatic carbocycles. The van der Waals surface area contributed by atoms with Crippen molar-refractivity contribution in [2.24, 2.45) is 11.8 Å². The molecule has 2 fully saturated rings. The predicted octanol–water partition coefficient (Wildman–Crippen LogP) is 2.89. The number of hydrogen-bond acceptors (Lipinski definition) is 2. The number of nitrogens with zero attached hydrogens (tertiary/aromatic N) is 1. The summed E-state index contributed by atoms with van der Waals surface area (Å²) >= 11 is 0. The molecule has 0 saturated carbocycles. The van der Waals surface area contributed by atoms with Gasteiger partial charge >= 0.3 is 0 Å². The van der Waals surface area contributed by atoms with Crippen molar-refractivity contribution >= 4 is 0 Å². The molecule has 2 aliphatic heterocycles. The van der Waals surface area contributed by atoms with Crippen molar-refractivity contribution in [1.29, 1.82) is 0 Å². The Morgan fingerprint density at radius 3 is 2.65 bits per heavy atom. The van der Waals surface area contributed by atoms with Crippen LogP contribution in [0.3, 0.4) is 0 Å². The van der Waals surface area contributed by atoms with Crippen LogP contribution in [-0.4, -0.2) is 37.1 Å². The number of nitrogens with one attached hydrogen (secondary N) is 1. The largest absolute Gasteiger partial charge is 0.317 e. The Morgan fingerprint density at radius 2 is 1.94 bits per heavy atom. The molecule has 2 aliphatic rings. The summed E-state index contributed by atoms with van der Waals surface area (Å²) < 4.78 is 0. The minimum Gasteiger partial charge on any atom is -0.317 e. The molecule has 0 radical (unpaired) electrons. The maximum atomic E-state index is 3.49. The van der Waals surface area contributed by atoms with E-state index in [1.54, 1.807) is 0 Å². The Morgan fingerprint density at radius 1 is 1.18 bits per heavy atom. The first-order valence-corrected chi connectivity index (χ1v) is 7.72. The van der Waals surface area contributed by atoms with Crippen LogP contribution in [0.1, 0.15) is 52.4 Å². The molecular formula is C15H30N2. The zero-order valence-electron chi connectivity index (χ0n) is 11.8. The number of rotatable bonds is 5. The Hall–Kier alpha value is -0.0800. The second kappa shape index (κ2) is 6.75. The summed E-state index contributed by atoms with van der Waals surface area (Å²) in [4.78, 5) is 2.80. The van der Waals surface area contributed by atoms with E-state index in [2.05, 4.69) is 24.1 Å². The highest BCUT2D eigenvalue weighted by Crippen LogP contribution is 2.29. The molecule has 0 aromatic carbocycles. The predicted molar refractivity (Wildman–Crippen MR) is 74.3 cm³/mol. The fraction of sp³-hybridized carbons (Fsp3) is 1.00. The van der Waals surface area contributed by atoms with Crippen molar-refractivity contribution in [2.45, 2.75) is 58.4 Å². The van der Waals surface area contributed by atoms with Gasteiger partial charge in [0, 0.05) is 6.04 Å². The van der Waals surface area contributed by atoms with Crippen molar-refractivity contribution in [2.75, 3.05) is 26.2 Å². The van der Waals surface area contributed by atoms with Crippen LogP contribution in [0.5, 0.6) is 0 Å². The lowest BCUT2D eigenvalue weighted by atomic mass is 9.88. The maximum absolute atomic E-state index is 3.49. The first-order valence-electron chi connectivity index (χ1n) is 7.72. The maximum Gasteiger partial charge on any atom is 0.0125 e. The van der Waals surface area contributed by atoms with E-state index >= 15 is 0 Å². The molecule has 0 amide bonds. The van der Waals surface area contributed by atoms with E-state index in [0.29, 0.717) is 0 Å². The van der Waals surface area contributed by atoms with Crippen molar-refractivity contribution in [3.05, 3.63) is 0 Å². The van der Waals surface area contributed by atoms with Crippen LogP contribution in [-0.2, 0) is 0 Å². The van der Waals surface area contributed by atoms with Crippen LogP contribution < -0.4 is 5.32 Å². The minimum absolute atomic E-state index is 0.870. The minimum atomic E-state index is 0.870. The first kappa shape index (κ1) is 13.4. The van der Waals surface area contributed by atoms with Gasteiger partial charge in [-0.25, -0.2) is 0 Å². The average Bonchev–Trinajstić information content (AvgIpc) is 2.78. The van der Waals surface area contributed by atoms with Gasteiger partial charge in [0.2, 0.25) is 0 Å². The molecule has 0 bridgehead atoms.